The van der Waals surface area contributed by atoms with Crippen molar-refractivity contribution in [3.05, 3.63) is 12.7 Å². The minimum absolute atomic E-state index is 0. The SMILES string of the molecule is C=CCNC(=NC)N1CCC2(CCCC2)C1.I. The van der Waals surface area contributed by atoms with Crippen molar-refractivity contribution in [2.75, 3.05) is 26.7 Å². The van der Waals surface area contributed by atoms with Crippen LogP contribution in [0.3, 0.4) is 0 Å². The molecule has 1 aliphatic heterocycles. The normalized spacial score (nSPS) is 22.6. The van der Waals surface area contributed by atoms with Crippen molar-refractivity contribution in [1.82, 2.24) is 10.2 Å². The van der Waals surface area contributed by atoms with Crippen molar-refractivity contribution in [2.45, 2.75) is 32.1 Å². The van der Waals surface area contributed by atoms with E-state index in [2.05, 4.69) is 21.8 Å². The molecule has 0 bridgehead atoms. The zero-order valence-corrected chi connectivity index (χ0v) is 13.1. The molecule has 1 aliphatic carbocycles. The standard InChI is InChI=1S/C13H23N3.HI/c1-3-9-15-12(14-2)16-10-8-13(11-16)6-4-5-7-13;/h3H,1,4-11H2,2H3,(H,14,15);1H. The van der Waals surface area contributed by atoms with Crippen LogP contribution in [-0.2, 0) is 0 Å². The minimum Gasteiger partial charge on any atom is -0.353 e. The highest BCUT2D eigenvalue weighted by molar-refractivity contribution is 14.0. The number of likely N-dealkylation sites (tertiary alicyclic amines) is 1. The highest BCUT2D eigenvalue weighted by Crippen LogP contribution is 2.45. The van der Waals surface area contributed by atoms with Crippen LogP contribution in [0.5, 0.6) is 0 Å². The van der Waals surface area contributed by atoms with Crippen LogP contribution in [0.2, 0.25) is 0 Å². The third-order valence-electron chi connectivity index (χ3n) is 4.02. The summed E-state index contributed by atoms with van der Waals surface area (Å²) >= 11 is 0. The molecule has 3 nitrogen and oxygen atoms in total. The Morgan fingerprint density at radius 2 is 2.12 bits per heavy atom. The summed E-state index contributed by atoms with van der Waals surface area (Å²) in [5, 5.41) is 3.33. The number of hydrogen-bond acceptors (Lipinski definition) is 1. The van der Waals surface area contributed by atoms with E-state index < -0.39 is 0 Å². The molecule has 1 saturated heterocycles. The molecule has 1 spiro atoms. The smallest absolute Gasteiger partial charge is 0.193 e. The lowest BCUT2D eigenvalue weighted by molar-refractivity contribution is 0.309. The first-order valence-electron chi connectivity index (χ1n) is 6.36. The summed E-state index contributed by atoms with van der Waals surface area (Å²) < 4.78 is 0. The minimum atomic E-state index is 0. The summed E-state index contributed by atoms with van der Waals surface area (Å²) in [5.74, 6) is 1.05. The van der Waals surface area contributed by atoms with E-state index in [1.807, 2.05) is 13.1 Å². The molecular formula is C13H24IN3. The van der Waals surface area contributed by atoms with Gasteiger partial charge in [-0.15, -0.1) is 30.6 Å². The number of nitrogens with zero attached hydrogens (tertiary/aromatic N) is 2. The van der Waals surface area contributed by atoms with Crippen LogP contribution < -0.4 is 5.32 Å². The summed E-state index contributed by atoms with van der Waals surface area (Å²) in [4.78, 5) is 6.76. The Labute approximate surface area is 122 Å². The second-order valence-corrected chi connectivity index (χ2v) is 5.10. The Bertz CT molecular complexity index is 282. The third kappa shape index (κ3) is 3.36. The molecule has 1 N–H and O–H groups in total. The van der Waals surface area contributed by atoms with Crippen molar-refractivity contribution < 1.29 is 0 Å². The Morgan fingerprint density at radius 3 is 2.71 bits per heavy atom. The average Bonchev–Trinajstić information content (AvgIpc) is 2.92. The molecule has 1 saturated carbocycles. The molecule has 4 heteroatoms. The van der Waals surface area contributed by atoms with Gasteiger partial charge in [-0.25, -0.2) is 0 Å². The number of aliphatic imine (C=N–C) groups is 1. The van der Waals surface area contributed by atoms with Gasteiger partial charge in [0.1, 0.15) is 0 Å². The van der Waals surface area contributed by atoms with E-state index in [0.717, 1.165) is 19.0 Å². The van der Waals surface area contributed by atoms with Crippen LogP contribution in [0.1, 0.15) is 32.1 Å². The summed E-state index contributed by atoms with van der Waals surface area (Å²) in [6, 6.07) is 0. The first-order valence-corrected chi connectivity index (χ1v) is 6.36. The van der Waals surface area contributed by atoms with Gasteiger partial charge in [-0.1, -0.05) is 18.9 Å². The number of halogens is 1. The Balaban J connectivity index is 0.00000144. The molecule has 2 rings (SSSR count). The molecule has 2 aliphatic rings. The Kier molecular flexibility index (Phi) is 5.76. The van der Waals surface area contributed by atoms with Crippen LogP contribution >= 0.6 is 24.0 Å². The Morgan fingerprint density at radius 1 is 1.41 bits per heavy atom. The molecule has 0 atom stereocenters. The van der Waals surface area contributed by atoms with E-state index in [1.54, 1.807) is 0 Å². The number of hydrogen-bond donors (Lipinski definition) is 1. The van der Waals surface area contributed by atoms with Crippen molar-refractivity contribution in [2.24, 2.45) is 10.4 Å². The molecular weight excluding hydrogens is 325 g/mol. The third-order valence-corrected chi connectivity index (χ3v) is 4.02. The van der Waals surface area contributed by atoms with Crippen molar-refractivity contribution in [1.29, 1.82) is 0 Å². The number of guanidine groups is 1. The Hall–Kier alpha value is -0.260. The molecule has 0 radical (unpaired) electrons. The summed E-state index contributed by atoms with van der Waals surface area (Å²) in [6.45, 7) is 6.89. The summed E-state index contributed by atoms with van der Waals surface area (Å²) in [5.41, 5.74) is 0.617. The molecule has 17 heavy (non-hydrogen) atoms. The fourth-order valence-corrected chi connectivity index (χ4v) is 3.14. The fourth-order valence-electron chi connectivity index (χ4n) is 3.14. The summed E-state index contributed by atoms with van der Waals surface area (Å²) in [6.07, 6.45) is 8.91. The van der Waals surface area contributed by atoms with Gasteiger partial charge in [0.2, 0.25) is 0 Å². The van der Waals surface area contributed by atoms with E-state index in [4.69, 9.17) is 0 Å². The predicted octanol–water partition coefficient (Wildman–Crippen LogP) is 2.63. The maximum Gasteiger partial charge on any atom is 0.193 e. The fraction of sp³-hybridized carbons (Fsp3) is 0.769. The molecule has 0 unspecified atom stereocenters. The maximum absolute atomic E-state index is 4.35. The second-order valence-electron chi connectivity index (χ2n) is 5.10. The quantitative estimate of drug-likeness (QED) is 0.359. The van der Waals surface area contributed by atoms with E-state index in [-0.39, 0.29) is 24.0 Å². The van der Waals surface area contributed by atoms with Crippen LogP contribution in [0.15, 0.2) is 17.6 Å². The number of rotatable bonds is 2. The van der Waals surface area contributed by atoms with Gasteiger partial charge < -0.3 is 10.2 Å². The molecule has 0 aromatic heterocycles. The van der Waals surface area contributed by atoms with Crippen LogP contribution in [-0.4, -0.2) is 37.5 Å². The molecule has 1 heterocycles. The van der Waals surface area contributed by atoms with Gasteiger partial charge in [0.05, 0.1) is 0 Å². The average molecular weight is 349 g/mol. The van der Waals surface area contributed by atoms with Crippen LogP contribution in [0.4, 0.5) is 0 Å². The van der Waals surface area contributed by atoms with Crippen LogP contribution in [0, 0.1) is 5.41 Å². The molecule has 98 valence electrons. The first kappa shape index (κ1) is 14.8. The molecule has 0 aromatic carbocycles. The van der Waals surface area contributed by atoms with Gasteiger partial charge in [-0.2, -0.15) is 0 Å². The van der Waals surface area contributed by atoms with Gasteiger partial charge in [0, 0.05) is 26.7 Å². The van der Waals surface area contributed by atoms with Gasteiger partial charge in [-0.3, -0.25) is 4.99 Å². The lowest BCUT2D eigenvalue weighted by atomic mass is 9.86. The van der Waals surface area contributed by atoms with Crippen LogP contribution in [0.25, 0.3) is 0 Å². The first-order chi connectivity index (χ1) is 7.79. The van der Waals surface area contributed by atoms with E-state index >= 15 is 0 Å². The lowest BCUT2D eigenvalue weighted by Crippen LogP contribution is -2.41. The van der Waals surface area contributed by atoms with Crippen molar-refractivity contribution >= 4 is 29.9 Å². The molecule has 0 amide bonds. The molecule has 2 fully saturated rings. The summed E-state index contributed by atoms with van der Waals surface area (Å²) in [7, 11) is 1.87. The van der Waals surface area contributed by atoms with E-state index in [1.165, 1.54) is 38.6 Å². The maximum atomic E-state index is 4.35. The topological polar surface area (TPSA) is 27.6 Å². The zero-order valence-electron chi connectivity index (χ0n) is 10.7. The predicted molar refractivity (Wildman–Crippen MR) is 84.1 cm³/mol. The highest BCUT2D eigenvalue weighted by atomic mass is 127. The largest absolute Gasteiger partial charge is 0.353 e. The van der Waals surface area contributed by atoms with Gasteiger partial charge in [0.25, 0.3) is 0 Å². The van der Waals surface area contributed by atoms with Crippen molar-refractivity contribution in [3.63, 3.8) is 0 Å². The van der Waals surface area contributed by atoms with Gasteiger partial charge in [-0.05, 0) is 24.7 Å². The monoisotopic (exact) mass is 349 g/mol. The highest BCUT2D eigenvalue weighted by Gasteiger charge is 2.40. The molecule has 0 aromatic rings. The van der Waals surface area contributed by atoms with E-state index in [9.17, 15) is 0 Å². The number of nitrogens with one attached hydrogen (secondary N) is 1. The zero-order chi connectivity index (χ0) is 11.4. The van der Waals surface area contributed by atoms with E-state index in [0.29, 0.717) is 5.41 Å². The van der Waals surface area contributed by atoms with Gasteiger partial charge in [0.15, 0.2) is 5.96 Å². The lowest BCUT2D eigenvalue weighted by Gasteiger charge is -2.25. The van der Waals surface area contributed by atoms with Gasteiger partial charge >= 0.3 is 0 Å². The van der Waals surface area contributed by atoms with Crippen molar-refractivity contribution in [3.8, 4) is 0 Å². The second kappa shape index (κ2) is 6.61.